The van der Waals surface area contributed by atoms with E-state index < -0.39 is 24.8 Å². The van der Waals surface area contributed by atoms with Crippen LogP contribution in [0.5, 0.6) is 0 Å². The number of halogens is 3. The Morgan fingerprint density at radius 1 is 1.56 bits per heavy atom. The summed E-state index contributed by atoms with van der Waals surface area (Å²) in [6, 6.07) is 0. The number of carbonyl (C=O) groups is 1. The van der Waals surface area contributed by atoms with E-state index in [0.717, 1.165) is 0 Å². The first-order valence-electron chi connectivity index (χ1n) is 4.88. The van der Waals surface area contributed by atoms with E-state index in [1.54, 1.807) is 0 Å². The van der Waals surface area contributed by atoms with Crippen LogP contribution in [0.4, 0.5) is 13.2 Å². The molecule has 1 aliphatic rings. The minimum absolute atomic E-state index is 0.00907. The largest absolute Gasteiger partial charge is 0.469 e. The molecular formula is C9H14F3NO3. The third-order valence-electron chi connectivity index (χ3n) is 2.25. The maximum atomic E-state index is 12.1. The molecule has 7 heteroatoms. The fourth-order valence-electron chi connectivity index (χ4n) is 1.57. The molecule has 94 valence electrons. The lowest BCUT2D eigenvalue weighted by Crippen LogP contribution is -2.47. The average molecular weight is 241 g/mol. The minimum atomic E-state index is -4.22. The Hall–Kier alpha value is -0.820. The number of ether oxygens (including phenoxy) is 2. The second-order valence-electron chi connectivity index (χ2n) is 3.62. The minimum Gasteiger partial charge on any atom is -0.469 e. The molecule has 1 saturated heterocycles. The molecule has 1 fully saturated rings. The first-order chi connectivity index (χ1) is 7.40. The van der Waals surface area contributed by atoms with Gasteiger partial charge in [-0.2, -0.15) is 13.2 Å². The summed E-state index contributed by atoms with van der Waals surface area (Å²) in [7, 11) is 1.23. The van der Waals surface area contributed by atoms with Crippen LogP contribution in [0, 0.1) is 0 Å². The summed E-state index contributed by atoms with van der Waals surface area (Å²) < 4.78 is 46.0. The molecule has 0 aromatic rings. The zero-order chi connectivity index (χ0) is 12.2. The second-order valence-corrected chi connectivity index (χ2v) is 3.62. The van der Waals surface area contributed by atoms with Crippen LogP contribution in [-0.4, -0.2) is 56.5 Å². The highest BCUT2D eigenvalue weighted by molar-refractivity contribution is 5.69. The molecule has 0 N–H and O–H groups in total. The van der Waals surface area contributed by atoms with E-state index in [0.29, 0.717) is 0 Å². The third-order valence-corrected chi connectivity index (χ3v) is 2.25. The predicted octanol–water partition coefficient (Wildman–Crippen LogP) is 0.813. The highest BCUT2D eigenvalue weighted by atomic mass is 19.4. The van der Waals surface area contributed by atoms with Gasteiger partial charge in [0.05, 0.1) is 32.8 Å². The van der Waals surface area contributed by atoms with Crippen molar-refractivity contribution in [2.24, 2.45) is 0 Å². The van der Waals surface area contributed by atoms with Crippen molar-refractivity contribution in [2.45, 2.75) is 18.7 Å². The molecule has 0 aliphatic carbocycles. The highest BCUT2D eigenvalue weighted by Gasteiger charge is 2.33. The Morgan fingerprint density at radius 3 is 2.81 bits per heavy atom. The van der Waals surface area contributed by atoms with E-state index in [9.17, 15) is 18.0 Å². The van der Waals surface area contributed by atoms with Crippen molar-refractivity contribution in [1.82, 2.24) is 4.90 Å². The van der Waals surface area contributed by atoms with Gasteiger partial charge in [0, 0.05) is 13.1 Å². The molecule has 1 aliphatic heterocycles. The van der Waals surface area contributed by atoms with Crippen LogP contribution in [-0.2, 0) is 14.3 Å². The number of esters is 1. The summed E-state index contributed by atoms with van der Waals surface area (Å²) in [5.74, 6) is -0.473. The van der Waals surface area contributed by atoms with Gasteiger partial charge in [-0.15, -0.1) is 0 Å². The van der Waals surface area contributed by atoms with Gasteiger partial charge in [0.1, 0.15) is 0 Å². The normalized spacial score (nSPS) is 23.1. The van der Waals surface area contributed by atoms with Crippen molar-refractivity contribution in [3.05, 3.63) is 0 Å². The van der Waals surface area contributed by atoms with E-state index in [1.807, 2.05) is 0 Å². The van der Waals surface area contributed by atoms with Crippen LogP contribution in [0.2, 0.25) is 0 Å². The van der Waals surface area contributed by atoms with Crippen molar-refractivity contribution in [3.63, 3.8) is 0 Å². The fourth-order valence-corrected chi connectivity index (χ4v) is 1.57. The summed E-state index contributed by atoms with van der Waals surface area (Å²) in [5, 5.41) is 0. The zero-order valence-electron chi connectivity index (χ0n) is 8.92. The maximum absolute atomic E-state index is 12.1. The number of rotatable bonds is 3. The van der Waals surface area contributed by atoms with Crippen molar-refractivity contribution in [1.29, 1.82) is 0 Å². The van der Waals surface area contributed by atoms with E-state index in [2.05, 4.69) is 4.74 Å². The van der Waals surface area contributed by atoms with Gasteiger partial charge in [0.2, 0.25) is 0 Å². The van der Waals surface area contributed by atoms with E-state index in [4.69, 9.17) is 4.74 Å². The number of carbonyl (C=O) groups excluding carboxylic acids is 1. The molecule has 0 aromatic carbocycles. The molecule has 1 rings (SSSR count). The van der Waals surface area contributed by atoms with Gasteiger partial charge in [-0.1, -0.05) is 0 Å². The lowest BCUT2D eigenvalue weighted by Gasteiger charge is -2.32. The first kappa shape index (κ1) is 13.2. The quantitative estimate of drug-likeness (QED) is 0.685. The lowest BCUT2D eigenvalue weighted by molar-refractivity contribution is -0.162. The summed E-state index contributed by atoms with van der Waals surface area (Å²) in [4.78, 5) is 12.2. The van der Waals surface area contributed by atoms with E-state index in [-0.39, 0.29) is 26.1 Å². The average Bonchev–Trinajstić information content (AvgIpc) is 2.15. The molecule has 1 heterocycles. The van der Waals surface area contributed by atoms with Crippen molar-refractivity contribution >= 4 is 5.97 Å². The molecule has 0 unspecified atom stereocenters. The summed E-state index contributed by atoms with van der Waals surface area (Å²) >= 11 is 0. The Balaban J connectivity index is 2.38. The van der Waals surface area contributed by atoms with Crippen molar-refractivity contribution in [3.8, 4) is 0 Å². The van der Waals surface area contributed by atoms with Crippen LogP contribution in [0.1, 0.15) is 6.42 Å². The molecule has 0 spiro atoms. The lowest BCUT2D eigenvalue weighted by atomic mass is 10.2. The molecular weight excluding hydrogens is 227 g/mol. The molecule has 0 radical (unpaired) electrons. The summed E-state index contributed by atoms with van der Waals surface area (Å²) in [5.41, 5.74) is 0. The molecule has 4 nitrogen and oxygen atoms in total. The van der Waals surface area contributed by atoms with Crippen LogP contribution < -0.4 is 0 Å². The topological polar surface area (TPSA) is 38.8 Å². The van der Waals surface area contributed by atoms with Gasteiger partial charge >= 0.3 is 12.1 Å². The molecule has 0 saturated carbocycles. The van der Waals surface area contributed by atoms with Gasteiger partial charge < -0.3 is 9.47 Å². The predicted molar refractivity (Wildman–Crippen MR) is 48.9 cm³/mol. The van der Waals surface area contributed by atoms with Gasteiger partial charge in [-0.25, -0.2) is 0 Å². The van der Waals surface area contributed by atoms with Crippen LogP contribution >= 0.6 is 0 Å². The van der Waals surface area contributed by atoms with Crippen molar-refractivity contribution < 1.29 is 27.4 Å². The van der Waals surface area contributed by atoms with Gasteiger partial charge in [0.25, 0.3) is 0 Å². The molecule has 0 bridgehead atoms. The molecule has 0 aromatic heterocycles. The highest BCUT2D eigenvalue weighted by Crippen LogP contribution is 2.19. The summed E-state index contributed by atoms with van der Waals surface area (Å²) in [6.07, 6.45) is -4.73. The number of alkyl halides is 3. The van der Waals surface area contributed by atoms with E-state index >= 15 is 0 Å². The Labute approximate surface area is 91.3 Å². The number of morpholine rings is 1. The Kier molecular flexibility index (Phi) is 4.55. The van der Waals surface area contributed by atoms with Crippen LogP contribution in [0.25, 0.3) is 0 Å². The van der Waals surface area contributed by atoms with E-state index in [1.165, 1.54) is 12.0 Å². The smallest absolute Gasteiger partial charge is 0.401 e. The number of hydrogen-bond acceptors (Lipinski definition) is 4. The molecule has 16 heavy (non-hydrogen) atoms. The zero-order valence-corrected chi connectivity index (χ0v) is 8.92. The Morgan fingerprint density at radius 2 is 2.25 bits per heavy atom. The number of nitrogens with zero attached hydrogens (tertiary/aromatic N) is 1. The van der Waals surface area contributed by atoms with Crippen molar-refractivity contribution in [2.75, 3.05) is 33.4 Å². The standard InChI is InChI=1S/C9H14F3NO3/c1-15-8(14)4-7-5-13(2-3-16-7)6-9(10,11)12/h7H,2-6H2,1H3/t7-/m0/s1. The van der Waals surface area contributed by atoms with Gasteiger partial charge in [0.15, 0.2) is 0 Å². The number of hydrogen-bond donors (Lipinski definition) is 0. The maximum Gasteiger partial charge on any atom is 0.401 e. The number of methoxy groups -OCH3 is 1. The Bertz CT molecular complexity index is 245. The fraction of sp³-hybridized carbons (Fsp3) is 0.889. The monoisotopic (exact) mass is 241 g/mol. The van der Waals surface area contributed by atoms with Gasteiger partial charge in [-0.3, -0.25) is 9.69 Å². The molecule has 1 atom stereocenters. The SMILES string of the molecule is COC(=O)C[C@H]1CN(CC(F)(F)F)CCO1. The first-order valence-corrected chi connectivity index (χ1v) is 4.88. The third kappa shape index (κ3) is 4.80. The van der Waals surface area contributed by atoms with Crippen LogP contribution in [0.15, 0.2) is 0 Å². The summed E-state index contributed by atoms with van der Waals surface area (Å²) in [6.45, 7) is -0.419. The van der Waals surface area contributed by atoms with Gasteiger partial charge in [-0.05, 0) is 0 Å². The second kappa shape index (κ2) is 5.49. The molecule has 0 amide bonds. The van der Waals surface area contributed by atoms with Crippen LogP contribution in [0.3, 0.4) is 0 Å².